The molecule has 212 valence electrons. The summed E-state index contributed by atoms with van der Waals surface area (Å²) in [5.41, 5.74) is 3.88. The van der Waals surface area contributed by atoms with E-state index in [2.05, 4.69) is 33.0 Å². The van der Waals surface area contributed by atoms with Gasteiger partial charge in [-0.2, -0.15) is 0 Å². The second kappa shape index (κ2) is 13.1. The van der Waals surface area contributed by atoms with E-state index < -0.39 is 6.23 Å². The van der Waals surface area contributed by atoms with E-state index >= 15 is 0 Å². The van der Waals surface area contributed by atoms with Crippen LogP contribution in [0.2, 0.25) is 0 Å². The maximum absolute atomic E-state index is 11.3. The Hall–Kier alpha value is -3.69. The molecule has 0 spiro atoms. The summed E-state index contributed by atoms with van der Waals surface area (Å²) in [7, 11) is 1.69. The summed E-state index contributed by atoms with van der Waals surface area (Å²) in [6.45, 7) is 5.64. The number of allylic oxidation sites excluding steroid dienone is 1. The first-order valence-corrected chi connectivity index (χ1v) is 14.1. The van der Waals surface area contributed by atoms with Gasteiger partial charge in [0.1, 0.15) is 40.9 Å². The molecular weight excluding hydrogens is 530 g/mol. The quantitative estimate of drug-likeness (QED) is 0.356. The second-order valence-electron chi connectivity index (χ2n) is 9.96. The van der Waals surface area contributed by atoms with Crippen molar-refractivity contribution in [2.75, 3.05) is 33.4 Å². The molecule has 0 radical (unpaired) electrons. The van der Waals surface area contributed by atoms with Crippen LogP contribution in [0.1, 0.15) is 37.3 Å². The molecule has 3 aliphatic rings. The molecule has 1 amide bonds. The summed E-state index contributed by atoms with van der Waals surface area (Å²) in [5.74, 6) is 2.34. The van der Waals surface area contributed by atoms with Crippen LogP contribution in [0, 0.1) is 0 Å². The Morgan fingerprint density at radius 1 is 1.12 bits per heavy atom. The number of methoxy groups -OCH3 is 1. The first-order chi connectivity index (χ1) is 19.5. The van der Waals surface area contributed by atoms with Crippen molar-refractivity contribution in [2.24, 2.45) is 4.99 Å². The van der Waals surface area contributed by atoms with Crippen molar-refractivity contribution in [3.8, 4) is 11.5 Å². The molecular formula is C30H36ClN5O4. The number of carbonyl (C=O) groups is 1. The molecule has 40 heavy (non-hydrogen) atoms. The van der Waals surface area contributed by atoms with Crippen molar-refractivity contribution in [2.45, 2.75) is 45.0 Å². The number of hydrogen-bond donors (Lipinski definition) is 3. The summed E-state index contributed by atoms with van der Waals surface area (Å²) in [5, 5.41) is 10.4. The molecule has 0 bridgehead atoms. The zero-order chi connectivity index (χ0) is 27.9. The molecule has 3 heterocycles. The van der Waals surface area contributed by atoms with Crippen LogP contribution in [-0.4, -0.2) is 62.3 Å². The van der Waals surface area contributed by atoms with Gasteiger partial charge in [-0.1, -0.05) is 30.7 Å². The Kier molecular flexibility index (Phi) is 9.13. The Morgan fingerprint density at radius 2 is 1.85 bits per heavy atom. The van der Waals surface area contributed by atoms with E-state index in [0.29, 0.717) is 30.6 Å². The third-order valence-corrected chi connectivity index (χ3v) is 7.48. The molecule has 3 N–H and O–H groups in total. The number of carbonyl (C=O) groups excluding carboxylic acids is 1. The number of amides is 1. The number of nitrogens with zero attached hydrogens (tertiary/aromatic N) is 2. The standard InChI is InChI=1S/C30H36ClN5O4/c1-3-26(37)32-14-17-39-24-10-6-21(7-11-24)29-34-28-27(25(31)19-40-30(28)35-29)33-22-12-15-36(16-13-22)18-20-4-8-23(38-2)9-5-20/h4-11,19,22,30,33H,3,12-18H2,1-2H3,(H,32,37)(H,34,35). The smallest absolute Gasteiger partial charge is 0.233 e. The summed E-state index contributed by atoms with van der Waals surface area (Å²) in [6.07, 6.45) is 3.60. The average Bonchev–Trinajstić information content (AvgIpc) is 3.43. The summed E-state index contributed by atoms with van der Waals surface area (Å²) in [4.78, 5) is 18.6. The van der Waals surface area contributed by atoms with Gasteiger partial charge in [0.2, 0.25) is 12.1 Å². The highest BCUT2D eigenvalue weighted by Crippen LogP contribution is 2.30. The van der Waals surface area contributed by atoms with Crippen molar-refractivity contribution in [1.82, 2.24) is 20.9 Å². The van der Waals surface area contributed by atoms with Gasteiger partial charge in [0, 0.05) is 37.7 Å². The van der Waals surface area contributed by atoms with Crippen LogP contribution in [0.3, 0.4) is 0 Å². The van der Waals surface area contributed by atoms with Crippen LogP contribution in [-0.2, 0) is 16.1 Å². The minimum Gasteiger partial charge on any atom is -0.497 e. The van der Waals surface area contributed by atoms with Gasteiger partial charge in [-0.3, -0.25) is 9.69 Å². The fourth-order valence-electron chi connectivity index (χ4n) is 4.92. The number of aliphatic imine (C=N–C) groups is 1. The Labute approximate surface area is 240 Å². The fraction of sp³-hybridized carbons (Fsp3) is 0.400. The second-order valence-corrected chi connectivity index (χ2v) is 10.4. The van der Waals surface area contributed by atoms with Gasteiger partial charge in [0.05, 0.1) is 19.4 Å². The normalized spacial score (nSPS) is 19.1. The molecule has 0 saturated carbocycles. The van der Waals surface area contributed by atoms with Crippen LogP contribution in [0.25, 0.3) is 0 Å². The number of benzene rings is 2. The predicted octanol–water partition coefficient (Wildman–Crippen LogP) is 3.85. The zero-order valence-corrected chi connectivity index (χ0v) is 23.7. The van der Waals surface area contributed by atoms with Gasteiger partial charge in [-0.05, 0) is 54.8 Å². The number of likely N-dealkylation sites (tertiary alicyclic amines) is 1. The van der Waals surface area contributed by atoms with Gasteiger partial charge < -0.3 is 30.2 Å². The topological polar surface area (TPSA) is 96.5 Å². The third-order valence-electron chi connectivity index (χ3n) is 7.20. The van der Waals surface area contributed by atoms with Crippen LogP contribution in [0.5, 0.6) is 11.5 Å². The number of amidine groups is 1. The van der Waals surface area contributed by atoms with Gasteiger partial charge >= 0.3 is 0 Å². The van der Waals surface area contributed by atoms with Crippen molar-refractivity contribution in [1.29, 1.82) is 0 Å². The van der Waals surface area contributed by atoms with E-state index in [1.54, 1.807) is 13.4 Å². The zero-order valence-electron chi connectivity index (χ0n) is 22.9. The molecule has 1 saturated heterocycles. The minimum absolute atomic E-state index is 0.0147. The number of nitrogens with one attached hydrogen (secondary N) is 3. The van der Waals surface area contributed by atoms with E-state index in [1.807, 2.05) is 43.3 Å². The molecule has 0 aliphatic carbocycles. The largest absolute Gasteiger partial charge is 0.497 e. The Bertz CT molecular complexity index is 1270. The number of fused-ring (bicyclic) bond motifs is 1. The lowest BCUT2D eigenvalue weighted by atomic mass is 10.0. The molecule has 10 heteroatoms. The molecule has 1 fully saturated rings. The van der Waals surface area contributed by atoms with E-state index in [4.69, 9.17) is 30.8 Å². The maximum atomic E-state index is 11.3. The van der Waals surface area contributed by atoms with Crippen molar-refractivity contribution >= 4 is 23.3 Å². The summed E-state index contributed by atoms with van der Waals surface area (Å²) in [6, 6.07) is 16.3. The third kappa shape index (κ3) is 6.89. The van der Waals surface area contributed by atoms with Crippen LogP contribution in [0.15, 0.2) is 76.2 Å². The van der Waals surface area contributed by atoms with E-state index in [9.17, 15) is 4.79 Å². The highest BCUT2D eigenvalue weighted by molar-refractivity contribution is 6.32. The van der Waals surface area contributed by atoms with Crippen molar-refractivity contribution in [3.05, 3.63) is 82.3 Å². The Balaban J connectivity index is 1.14. The predicted molar refractivity (Wildman–Crippen MR) is 155 cm³/mol. The molecule has 3 aliphatic heterocycles. The molecule has 5 rings (SSSR count). The molecule has 1 unspecified atom stereocenters. The maximum Gasteiger partial charge on any atom is 0.233 e. The van der Waals surface area contributed by atoms with Crippen LogP contribution < -0.4 is 25.4 Å². The van der Waals surface area contributed by atoms with Gasteiger partial charge in [-0.25, -0.2) is 4.99 Å². The van der Waals surface area contributed by atoms with Crippen molar-refractivity contribution < 1.29 is 19.0 Å². The first kappa shape index (κ1) is 27.9. The monoisotopic (exact) mass is 565 g/mol. The summed E-state index contributed by atoms with van der Waals surface area (Å²) >= 11 is 6.59. The van der Waals surface area contributed by atoms with Crippen LogP contribution >= 0.6 is 11.6 Å². The minimum atomic E-state index is -0.465. The highest BCUT2D eigenvalue weighted by atomic mass is 35.5. The van der Waals surface area contributed by atoms with E-state index in [0.717, 1.165) is 66.8 Å². The Morgan fingerprint density at radius 3 is 2.55 bits per heavy atom. The summed E-state index contributed by atoms with van der Waals surface area (Å²) < 4.78 is 16.8. The number of piperidine rings is 1. The number of halogens is 1. The molecule has 2 aromatic rings. The highest BCUT2D eigenvalue weighted by Gasteiger charge is 2.33. The van der Waals surface area contributed by atoms with E-state index in [1.165, 1.54) is 5.56 Å². The lowest BCUT2D eigenvalue weighted by Crippen LogP contribution is -2.43. The number of hydrogen-bond acceptors (Lipinski definition) is 8. The first-order valence-electron chi connectivity index (χ1n) is 13.7. The van der Waals surface area contributed by atoms with Crippen molar-refractivity contribution in [3.63, 3.8) is 0 Å². The average molecular weight is 566 g/mol. The molecule has 0 aromatic heterocycles. The van der Waals surface area contributed by atoms with Gasteiger partial charge in [-0.15, -0.1) is 0 Å². The molecule has 9 nitrogen and oxygen atoms in total. The molecule has 2 aromatic carbocycles. The molecule has 1 atom stereocenters. The van der Waals surface area contributed by atoms with Crippen LogP contribution in [0.4, 0.5) is 0 Å². The lowest BCUT2D eigenvalue weighted by Gasteiger charge is -2.34. The SMILES string of the molecule is CCC(=O)NCCOc1ccc(C2=NC3OC=C(Cl)C(NC4CCN(Cc5ccc(OC)cc5)CC4)=C3N2)cc1. The number of ether oxygens (including phenoxy) is 3. The number of rotatable bonds is 11. The lowest BCUT2D eigenvalue weighted by molar-refractivity contribution is -0.120. The fourth-order valence-corrected chi connectivity index (χ4v) is 5.12. The van der Waals surface area contributed by atoms with Gasteiger partial charge in [0.25, 0.3) is 0 Å². The van der Waals surface area contributed by atoms with Gasteiger partial charge in [0.15, 0.2) is 0 Å². The van der Waals surface area contributed by atoms with E-state index in [-0.39, 0.29) is 5.91 Å².